The van der Waals surface area contributed by atoms with Crippen LogP contribution >= 0.6 is 0 Å². The predicted molar refractivity (Wildman–Crippen MR) is 72.5 cm³/mol. The molecule has 1 saturated heterocycles. The second-order valence-electron chi connectivity index (χ2n) is 5.36. The Morgan fingerprint density at radius 3 is 3.17 bits per heavy atom. The van der Waals surface area contributed by atoms with Gasteiger partial charge in [-0.1, -0.05) is 18.2 Å². The maximum atomic E-state index is 4.91. The van der Waals surface area contributed by atoms with E-state index in [0.717, 1.165) is 31.7 Å². The van der Waals surface area contributed by atoms with E-state index >= 15 is 0 Å². The lowest BCUT2D eigenvalue weighted by Gasteiger charge is -2.39. The van der Waals surface area contributed by atoms with E-state index < -0.39 is 0 Å². The molecule has 1 aromatic carbocycles. The minimum Gasteiger partial charge on any atom is -0.306 e. The number of benzene rings is 1. The first-order valence-corrected chi connectivity index (χ1v) is 6.67. The summed E-state index contributed by atoms with van der Waals surface area (Å²) >= 11 is 0. The van der Waals surface area contributed by atoms with E-state index in [4.69, 9.17) is 4.98 Å². The summed E-state index contributed by atoms with van der Waals surface area (Å²) in [5.41, 5.74) is 5.27. The first-order chi connectivity index (χ1) is 8.83. The van der Waals surface area contributed by atoms with E-state index in [1.807, 2.05) is 0 Å². The van der Waals surface area contributed by atoms with Gasteiger partial charge in [-0.15, -0.1) is 0 Å². The molecule has 0 amide bonds. The fourth-order valence-electron chi connectivity index (χ4n) is 3.29. The number of para-hydroxylation sites is 1. The number of rotatable bonds is 0. The van der Waals surface area contributed by atoms with Crippen molar-refractivity contribution in [1.82, 2.24) is 15.2 Å². The first kappa shape index (κ1) is 10.5. The van der Waals surface area contributed by atoms with Gasteiger partial charge >= 0.3 is 0 Å². The summed E-state index contributed by atoms with van der Waals surface area (Å²) in [7, 11) is 0. The topological polar surface area (TPSA) is 28.2 Å². The molecule has 1 aromatic heterocycles. The number of hydrogen-bond donors (Lipinski definition) is 1. The van der Waals surface area contributed by atoms with Crippen molar-refractivity contribution in [3.05, 3.63) is 41.1 Å². The Morgan fingerprint density at radius 1 is 1.33 bits per heavy atom. The summed E-state index contributed by atoms with van der Waals surface area (Å²) in [5, 5.41) is 4.90. The van der Waals surface area contributed by atoms with Gasteiger partial charge in [0, 0.05) is 31.6 Å². The van der Waals surface area contributed by atoms with E-state index in [1.165, 1.54) is 22.2 Å². The molecule has 2 bridgehead atoms. The molecule has 18 heavy (non-hydrogen) atoms. The van der Waals surface area contributed by atoms with E-state index in [0.29, 0.717) is 6.04 Å². The Kier molecular flexibility index (Phi) is 2.19. The predicted octanol–water partition coefficient (Wildman–Crippen LogP) is 2.00. The molecule has 0 saturated carbocycles. The molecular weight excluding hydrogens is 222 g/mol. The third-order valence-electron chi connectivity index (χ3n) is 4.28. The molecule has 2 atom stereocenters. The summed E-state index contributed by atoms with van der Waals surface area (Å²) in [6.45, 7) is 6.65. The van der Waals surface area contributed by atoms with Gasteiger partial charge < -0.3 is 5.32 Å². The third-order valence-corrected chi connectivity index (χ3v) is 4.28. The largest absolute Gasteiger partial charge is 0.306 e. The molecule has 1 fully saturated rings. The number of fused-ring (bicyclic) bond motifs is 5. The number of piperazine rings is 1. The average molecular weight is 239 g/mol. The standard InChI is InChI=1S/C15H17N3/c1-10-11-4-2-3-5-13(11)17-15-12(10)8-18-7-6-16-14(15)9-18/h2-5,14,16H,6-9H2,1H3/t14-/m0/s1. The quantitative estimate of drug-likeness (QED) is 0.762. The lowest BCUT2D eigenvalue weighted by molar-refractivity contribution is 0.171. The van der Waals surface area contributed by atoms with Gasteiger partial charge in [0.05, 0.1) is 17.3 Å². The molecule has 4 rings (SSSR count). The van der Waals surface area contributed by atoms with Gasteiger partial charge in [-0.2, -0.15) is 0 Å². The van der Waals surface area contributed by atoms with Gasteiger partial charge in [0.15, 0.2) is 0 Å². The number of aryl methyl sites for hydroxylation is 1. The van der Waals surface area contributed by atoms with Crippen molar-refractivity contribution in [3.63, 3.8) is 0 Å². The molecule has 92 valence electrons. The van der Waals surface area contributed by atoms with E-state index in [2.05, 4.69) is 41.4 Å². The first-order valence-electron chi connectivity index (χ1n) is 6.67. The lowest BCUT2D eigenvalue weighted by atomic mass is 9.93. The molecular formula is C15H17N3. The Bertz CT molecular complexity index is 620. The van der Waals surface area contributed by atoms with Crippen LogP contribution in [0.1, 0.15) is 22.9 Å². The molecule has 3 nitrogen and oxygen atoms in total. The van der Waals surface area contributed by atoms with E-state index in [9.17, 15) is 0 Å². The zero-order valence-corrected chi connectivity index (χ0v) is 10.6. The minimum atomic E-state index is 0.422. The van der Waals surface area contributed by atoms with Gasteiger partial charge in [0.25, 0.3) is 0 Å². The number of nitrogens with zero attached hydrogens (tertiary/aromatic N) is 2. The van der Waals surface area contributed by atoms with Crippen molar-refractivity contribution >= 4 is 10.9 Å². The molecule has 2 aliphatic heterocycles. The van der Waals surface area contributed by atoms with Crippen molar-refractivity contribution in [1.29, 1.82) is 0 Å². The van der Waals surface area contributed by atoms with Crippen molar-refractivity contribution < 1.29 is 0 Å². The second kappa shape index (κ2) is 3.77. The Balaban J connectivity index is 2.00. The maximum absolute atomic E-state index is 4.91. The molecule has 1 N–H and O–H groups in total. The van der Waals surface area contributed by atoms with Gasteiger partial charge in [-0.3, -0.25) is 9.88 Å². The normalized spacial score (nSPS) is 26.1. The van der Waals surface area contributed by atoms with Crippen LogP contribution in [0, 0.1) is 6.92 Å². The molecule has 0 radical (unpaired) electrons. The second-order valence-corrected chi connectivity index (χ2v) is 5.36. The zero-order chi connectivity index (χ0) is 12.1. The summed E-state index contributed by atoms with van der Waals surface area (Å²) in [6.07, 6.45) is 0. The molecule has 2 aromatic rings. The molecule has 2 aliphatic rings. The maximum Gasteiger partial charge on any atom is 0.0708 e. The summed E-state index contributed by atoms with van der Waals surface area (Å²) < 4.78 is 0. The van der Waals surface area contributed by atoms with Crippen LogP contribution in [0.2, 0.25) is 0 Å². The highest BCUT2D eigenvalue weighted by atomic mass is 15.2. The number of pyridine rings is 1. The molecule has 0 aliphatic carbocycles. The minimum absolute atomic E-state index is 0.422. The Labute approximate surface area is 107 Å². The third kappa shape index (κ3) is 1.41. The zero-order valence-electron chi connectivity index (χ0n) is 10.6. The van der Waals surface area contributed by atoms with Gasteiger partial charge in [-0.05, 0) is 24.1 Å². The van der Waals surface area contributed by atoms with Crippen molar-refractivity contribution in [2.24, 2.45) is 0 Å². The summed E-state index contributed by atoms with van der Waals surface area (Å²) in [4.78, 5) is 7.44. The van der Waals surface area contributed by atoms with E-state index in [1.54, 1.807) is 0 Å². The van der Waals surface area contributed by atoms with Crippen LogP contribution in [0.4, 0.5) is 0 Å². The summed E-state index contributed by atoms with van der Waals surface area (Å²) in [6, 6.07) is 8.91. The van der Waals surface area contributed by atoms with Crippen LogP contribution in [0.15, 0.2) is 24.3 Å². The highest BCUT2D eigenvalue weighted by molar-refractivity contribution is 5.83. The van der Waals surface area contributed by atoms with Gasteiger partial charge in [0.2, 0.25) is 0 Å². The monoisotopic (exact) mass is 239 g/mol. The van der Waals surface area contributed by atoms with Crippen LogP contribution in [0.5, 0.6) is 0 Å². The van der Waals surface area contributed by atoms with Gasteiger partial charge in [-0.25, -0.2) is 0 Å². The van der Waals surface area contributed by atoms with Crippen molar-refractivity contribution in [2.75, 3.05) is 19.6 Å². The fourth-order valence-corrected chi connectivity index (χ4v) is 3.29. The van der Waals surface area contributed by atoms with Crippen molar-refractivity contribution in [3.8, 4) is 0 Å². The average Bonchev–Trinajstić information content (AvgIpc) is 2.41. The molecule has 1 unspecified atom stereocenters. The molecule has 3 heterocycles. The van der Waals surface area contributed by atoms with Gasteiger partial charge in [0.1, 0.15) is 0 Å². The lowest BCUT2D eigenvalue weighted by Crippen LogP contribution is -2.49. The number of nitrogens with one attached hydrogen (secondary N) is 1. The van der Waals surface area contributed by atoms with Crippen LogP contribution < -0.4 is 5.32 Å². The molecule has 3 heteroatoms. The fraction of sp³-hybridized carbons (Fsp3) is 0.400. The number of hydrogen-bond acceptors (Lipinski definition) is 3. The Morgan fingerprint density at radius 2 is 2.22 bits per heavy atom. The van der Waals surface area contributed by atoms with Crippen LogP contribution in [-0.4, -0.2) is 29.5 Å². The highest BCUT2D eigenvalue weighted by Crippen LogP contribution is 2.32. The van der Waals surface area contributed by atoms with Crippen LogP contribution in [-0.2, 0) is 6.54 Å². The highest BCUT2D eigenvalue weighted by Gasteiger charge is 2.30. The van der Waals surface area contributed by atoms with E-state index in [-0.39, 0.29) is 0 Å². The van der Waals surface area contributed by atoms with Crippen LogP contribution in [0.3, 0.4) is 0 Å². The smallest absolute Gasteiger partial charge is 0.0708 e. The number of aromatic nitrogens is 1. The molecule has 0 spiro atoms. The Hall–Kier alpha value is -1.45. The van der Waals surface area contributed by atoms with Crippen LogP contribution in [0.25, 0.3) is 10.9 Å². The summed E-state index contributed by atoms with van der Waals surface area (Å²) in [5.74, 6) is 0. The van der Waals surface area contributed by atoms with Crippen molar-refractivity contribution in [2.45, 2.75) is 19.5 Å². The SMILES string of the molecule is Cc1c2c(nc3ccccc13)[C@@H]1CN(CCN1)C2.